The number of hydrogen-bond acceptors (Lipinski definition) is 4. The molecule has 0 amide bonds. The molecule has 2 unspecified atom stereocenters. The van der Waals surface area contributed by atoms with Crippen LogP contribution in [0.3, 0.4) is 0 Å². The van der Waals surface area contributed by atoms with Crippen LogP contribution in [-0.4, -0.2) is 34.6 Å². The second-order valence-electron chi connectivity index (χ2n) is 7.11. The van der Waals surface area contributed by atoms with Gasteiger partial charge in [0.15, 0.2) is 0 Å². The second-order valence-corrected chi connectivity index (χ2v) is 8.34. The first-order valence-electron chi connectivity index (χ1n) is 7.66. The van der Waals surface area contributed by atoms with Gasteiger partial charge in [-0.15, -0.1) is 11.3 Å². The normalized spacial score (nSPS) is 25.1. The summed E-state index contributed by atoms with van der Waals surface area (Å²) in [5.41, 5.74) is 1.40. The van der Waals surface area contributed by atoms with E-state index >= 15 is 0 Å². The molecule has 1 aliphatic heterocycles. The number of nitrogens with one attached hydrogen (secondary N) is 1. The van der Waals surface area contributed by atoms with Gasteiger partial charge in [-0.25, -0.2) is 4.98 Å². The molecule has 3 nitrogen and oxygen atoms in total. The van der Waals surface area contributed by atoms with Gasteiger partial charge in [0.25, 0.3) is 0 Å². The molecule has 1 aromatic heterocycles. The Morgan fingerprint density at radius 2 is 1.95 bits per heavy atom. The molecule has 2 atom stereocenters. The Morgan fingerprint density at radius 3 is 2.45 bits per heavy atom. The highest BCUT2D eigenvalue weighted by molar-refractivity contribution is 7.11. The average Bonchev–Trinajstić information content (AvgIpc) is 2.65. The molecule has 0 radical (unpaired) electrons. The van der Waals surface area contributed by atoms with Crippen molar-refractivity contribution in [3.8, 4) is 0 Å². The minimum atomic E-state index is 0.188. The Bertz CT molecular complexity index is 464. The Kier molecular flexibility index (Phi) is 4.57. The largest absolute Gasteiger partial charge is 0.309 e. The van der Waals surface area contributed by atoms with Crippen LogP contribution in [0.4, 0.5) is 0 Å². The highest BCUT2D eigenvalue weighted by Crippen LogP contribution is 2.34. The fraction of sp³-hybridized carbons (Fsp3) is 0.812. The van der Waals surface area contributed by atoms with E-state index in [0.717, 1.165) is 13.1 Å². The van der Waals surface area contributed by atoms with Crippen molar-refractivity contribution in [3.05, 3.63) is 15.6 Å². The Labute approximate surface area is 127 Å². The number of nitrogens with zero attached hydrogens (tertiary/aromatic N) is 2. The molecule has 1 aromatic rings. The van der Waals surface area contributed by atoms with Gasteiger partial charge in [0.1, 0.15) is 0 Å². The van der Waals surface area contributed by atoms with Gasteiger partial charge in [-0.05, 0) is 40.5 Å². The molecule has 4 heteroatoms. The van der Waals surface area contributed by atoms with Gasteiger partial charge in [0, 0.05) is 35.6 Å². The highest BCUT2D eigenvalue weighted by Gasteiger charge is 2.37. The maximum atomic E-state index is 4.61. The zero-order valence-electron chi connectivity index (χ0n) is 13.9. The summed E-state index contributed by atoms with van der Waals surface area (Å²) in [5.74, 6) is 0.662. The predicted octanol–water partition coefficient (Wildman–Crippen LogP) is 3.53. The first-order chi connectivity index (χ1) is 9.21. The Balaban J connectivity index is 2.28. The zero-order valence-corrected chi connectivity index (χ0v) is 14.8. The smallest absolute Gasteiger partial charge is 0.0900 e. The van der Waals surface area contributed by atoms with E-state index in [0.29, 0.717) is 18.0 Å². The molecule has 0 aromatic carbocycles. The molecule has 1 fully saturated rings. The van der Waals surface area contributed by atoms with Gasteiger partial charge < -0.3 is 5.32 Å². The van der Waals surface area contributed by atoms with Crippen LogP contribution < -0.4 is 5.32 Å². The van der Waals surface area contributed by atoms with Crippen molar-refractivity contribution in [1.29, 1.82) is 0 Å². The van der Waals surface area contributed by atoms with Gasteiger partial charge in [-0.3, -0.25) is 4.90 Å². The monoisotopic (exact) mass is 295 g/mol. The van der Waals surface area contributed by atoms with Gasteiger partial charge in [0.2, 0.25) is 0 Å². The van der Waals surface area contributed by atoms with Crippen LogP contribution in [0.2, 0.25) is 0 Å². The number of rotatable bonds is 3. The molecule has 0 spiro atoms. The molecule has 2 heterocycles. The molecule has 1 N–H and O–H groups in total. The minimum Gasteiger partial charge on any atom is -0.309 e. The molecule has 0 saturated carbocycles. The van der Waals surface area contributed by atoms with Crippen LogP contribution in [0.25, 0.3) is 0 Å². The van der Waals surface area contributed by atoms with E-state index < -0.39 is 0 Å². The first-order valence-corrected chi connectivity index (χ1v) is 8.47. The van der Waals surface area contributed by atoms with Gasteiger partial charge in [-0.1, -0.05) is 13.8 Å². The summed E-state index contributed by atoms with van der Waals surface area (Å²) in [6.07, 6.45) is 0. The third kappa shape index (κ3) is 3.23. The van der Waals surface area contributed by atoms with Crippen molar-refractivity contribution in [1.82, 2.24) is 15.2 Å². The fourth-order valence-corrected chi connectivity index (χ4v) is 4.26. The van der Waals surface area contributed by atoms with Crippen LogP contribution in [0.15, 0.2) is 0 Å². The topological polar surface area (TPSA) is 28.2 Å². The Morgan fingerprint density at radius 1 is 1.30 bits per heavy atom. The minimum absolute atomic E-state index is 0.188. The van der Waals surface area contributed by atoms with Crippen LogP contribution >= 0.6 is 11.3 Å². The molecule has 114 valence electrons. The van der Waals surface area contributed by atoms with Gasteiger partial charge in [0.05, 0.1) is 10.7 Å². The summed E-state index contributed by atoms with van der Waals surface area (Å²) < 4.78 is 0. The summed E-state index contributed by atoms with van der Waals surface area (Å²) in [4.78, 5) is 8.73. The van der Waals surface area contributed by atoms with E-state index in [9.17, 15) is 0 Å². The lowest BCUT2D eigenvalue weighted by molar-refractivity contribution is 0.0380. The number of aromatic nitrogens is 1. The highest BCUT2D eigenvalue weighted by atomic mass is 32.1. The number of piperazine rings is 1. The standard InChI is InChI=1S/C16H29N3S/c1-10(2)14-8-17-16(6,7)9-19(14)12(4)15-11(3)18-13(5)20-15/h10,12,14,17H,8-9H2,1-7H3. The summed E-state index contributed by atoms with van der Waals surface area (Å²) >= 11 is 1.86. The van der Waals surface area contributed by atoms with E-state index in [1.54, 1.807) is 0 Å². The van der Waals surface area contributed by atoms with Crippen molar-refractivity contribution < 1.29 is 0 Å². The maximum Gasteiger partial charge on any atom is 0.0900 e. The average molecular weight is 295 g/mol. The first kappa shape index (κ1) is 15.9. The van der Waals surface area contributed by atoms with Crippen molar-refractivity contribution in [2.45, 2.75) is 66.1 Å². The molecule has 20 heavy (non-hydrogen) atoms. The molecular weight excluding hydrogens is 266 g/mol. The maximum absolute atomic E-state index is 4.61. The molecule has 2 rings (SSSR count). The lowest BCUT2D eigenvalue weighted by Crippen LogP contribution is -2.63. The zero-order chi connectivity index (χ0) is 15.1. The van der Waals surface area contributed by atoms with Gasteiger partial charge in [-0.2, -0.15) is 0 Å². The number of thiazole rings is 1. The third-order valence-electron chi connectivity index (χ3n) is 4.38. The van der Waals surface area contributed by atoms with E-state index in [1.165, 1.54) is 15.6 Å². The van der Waals surface area contributed by atoms with E-state index in [4.69, 9.17) is 0 Å². The Hall–Kier alpha value is -0.450. The van der Waals surface area contributed by atoms with Crippen LogP contribution in [0, 0.1) is 19.8 Å². The summed E-state index contributed by atoms with van der Waals surface area (Å²) in [5, 5.41) is 4.87. The van der Waals surface area contributed by atoms with E-state index in [1.807, 2.05) is 11.3 Å². The van der Waals surface area contributed by atoms with Crippen LogP contribution in [-0.2, 0) is 0 Å². The van der Waals surface area contributed by atoms with Crippen molar-refractivity contribution in [3.63, 3.8) is 0 Å². The summed E-state index contributed by atoms with van der Waals surface area (Å²) in [7, 11) is 0. The molecular formula is C16H29N3S. The van der Waals surface area contributed by atoms with Crippen molar-refractivity contribution >= 4 is 11.3 Å². The van der Waals surface area contributed by atoms with Crippen LogP contribution in [0.5, 0.6) is 0 Å². The molecule has 0 aliphatic carbocycles. The van der Waals surface area contributed by atoms with E-state index in [2.05, 4.69) is 63.7 Å². The van der Waals surface area contributed by atoms with Crippen molar-refractivity contribution in [2.75, 3.05) is 13.1 Å². The molecule has 1 aliphatic rings. The number of hydrogen-bond donors (Lipinski definition) is 1. The lowest BCUT2D eigenvalue weighted by Gasteiger charge is -2.48. The van der Waals surface area contributed by atoms with Gasteiger partial charge >= 0.3 is 0 Å². The molecule has 0 bridgehead atoms. The van der Waals surface area contributed by atoms with Crippen molar-refractivity contribution in [2.24, 2.45) is 5.92 Å². The van der Waals surface area contributed by atoms with E-state index in [-0.39, 0.29) is 5.54 Å². The lowest BCUT2D eigenvalue weighted by atomic mass is 9.91. The summed E-state index contributed by atoms with van der Waals surface area (Å²) in [6.45, 7) is 18.0. The quantitative estimate of drug-likeness (QED) is 0.924. The third-order valence-corrected chi connectivity index (χ3v) is 5.62. The summed E-state index contributed by atoms with van der Waals surface area (Å²) in [6, 6.07) is 1.05. The molecule has 1 saturated heterocycles. The van der Waals surface area contributed by atoms with Crippen LogP contribution in [0.1, 0.15) is 56.2 Å². The predicted molar refractivity (Wildman–Crippen MR) is 87.4 cm³/mol. The second kappa shape index (κ2) is 5.74. The SMILES string of the molecule is Cc1nc(C)c(C(C)N2CC(C)(C)NCC2C(C)C)s1. The number of aryl methyl sites for hydroxylation is 2. The fourth-order valence-electron chi connectivity index (χ4n) is 3.26.